The number of piperidine rings is 1. The van der Waals surface area contributed by atoms with E-state index in [1.54, 1.807) is 35.6 Å². The van der Waals surface area contributed by atoms with Crippen LogP contribution in [0.25, 0.3) is 10.2 Å². The van der Waals surface area contributed by atoms with Gasteiger partial charge in [0.2, 0.25) is 5.91 Å². The summed E-state index contributed by atoms with van der Waals surface area (Å²) in [4.78, 5) is 31.3. The molecule has 1 aliphatic rings. The molecule has 0 aliphatic carbocycles. The van der Waals surface area contributed by atoms with Crippen LogP contribution in [0.4, 0.5) is 10.8 Å². The van der Waals surface area contributed by atoms with Gasteiger partial charge in [0, 0.05) is 18.8 Å². The first-order valence-electron chi connectivity index (χ1n) is 9.65. The number of amides is 1. The summed E-state index contributed by atoms with van der Waals surface area (Å²) >= 11 is 1.68. The van der Waals surface area contributed by atoms with E-state index in [0.717, 1.165) is 30.0 Å². The topological polar surface area (TPSA) is 71.5 Å². The van der Waals surface area contributed by atoms with Gasteiger partial charge in [0.25, 0.3) is 0 Å². The van der Waals surface area contributed by atoms with Crippen molar-refractivity contribution in [2.24, 2.45) is 5.92 Å². The first-order chi connectivity index (χ1) is 14.0. The van der Waals surface area contributed by atoms with Crippen LogP contribution in [-0.2, 0) is 9.53 Å². The molecule has 150 valence electrons. The minimum atomic E-state index is -0.392. The predicted octanol–water partition coefficient (Wildman–Crippen LogP) is 4.25. The van der Waals surface area contributed by atoms with Crippen LogP contribution >= 0.6 is 11.3 Å². The van der Waals surface area contributed by atoms with E-state index < -0.39 is 5.97 Å². The molecule has 4 rings (SSSR count). The van der Waals surface area contributed by atoms with Gasteiger partial charge in [0.1, 0.15) is 0 Å². The third-order valence-electron chi connectivity index (χ3n) is 5.17. The maximum absolute atomic E-state index is 12.8. The molecule has 2 heterocycles. The third-order valence-corrected chi connectivity index (χ3v) is 6.25. The number of benzene rings is 2. The number of carbonyl (C=O) groups excluding carboxylic acids is 2. The maximum atomic E-state index is 12.8. The molecule has 1 aromatic heterocycles. The molecule has 1 unspecified atom stereocenters. The molecule has 0 radical (unpaired) electrons. The summed E-state index contributed by atoms with van der Waals surface area (Å²) in [6.07, 6.45) is 1.81. The van der Waals surface area contributed by atoms with Crippen molar-refractivity contribution in [3.05, 3.63) is 53.6 Å². The smallest absolute Gasteiger partial charge is 0.337 e. The summed E-state index contributed by atoms with van der Waals surface area (Å²) in [5.41, 5.74) is 3.37. The Hall–Kier alpha value is -2.93. The molecular weight excluding hydrogens is 386 g/mol. The summed E-state index contributed by atoms with van der Waals surface area (Å²) in [5.74, 6) is -0.493. The van der Waals surface area contributed by atoms with Gasteiger partial charge in [-0.05, 0) is 61.7 Å². The zero-order valence-electron chi connectivity index (χ0n) is 16.5. The normalized spacial score (nSPS) is 16.6. The van der Waals surface area contributed by atoms with Gasteiger partial charge in [0.05, 0.1) is 28.8 Å². The number of nitrogens with zero attached hydrogens (tertiary/aromatic N) is 2. The quantitative estimate of drug-likeness (QED) is 0.653. The second-order valence-electron chi connectivity index (χ2n) is 7.31. The molecule has 1 fully saturated rings. The van der Waals surface area contributed by atoms with E-state index in [1.165, 1.54) is 17.4 Å². The highest BCUT2D eigenvalue weighted by Gasteiger charge is 2.27. The Labute approximate surface area is 173 Å². The molecule has 3 aromatic rings. The number of fused-ring (bicyclic) bond motifs is 1. The van der Waals surface area contributed by atoms with E-state index in [1.807, 2.05) is 0 Å². The highest BCUT2D eigenvalue weighted by Crippen LogP contribution is 2.32. The summed E-state index contributed by atoms with van der Waals surface area (Å²) in [6.45, 7) is 3.65. The summed E-state index contributed by atoms with van der Waals surface area (Å²) < 4.78 is 5.88. The molecule has 1 aliphatic heterocycles. The zero-order valence-corrected chi connectivity index (χ0v) is 17.3. The number of hydrogen-bond acceptors (Lipinski definition) is 6. The van der Waals surface area contributed by atoms with Crippen LogP contribution in [0.5, 0.6) is 0 Å². The molecule has 0 saturated carbocycles. The third kappa shape index (κ3) is 4.24. The molecule has 1 atom stereocenters. The highest BCUT2D eigenvalue weighted by molar-refractivity contribution is 7.22. The van der Waals surface area contributed by atoms with Crippen LogP contribution in [0.3, 0.4) is 0 Å². The lowest BCUT2D eigenvalue weighted by atomic mass is 9.97. The van der Waals surface area contributed by atoms with Gasteiger partial charge in [-0.1, -0.05) is 17.4 Å². The van der Waals surface area contributed by atoms with Crippen molar-refractivity contribution in [3.8, 4) is 0 Å². The van der Waals surface area contributed by atoms with Gasteiger partial charge in [-0.3, -0.25) is 4.79 Å². The van der Waals surface area contributed by atoms with Crippen molar-refractivity contribution in [3.63, 3.8) is 0 Å². The van der Waals surface area contributed by atoms with Crippen molar-refractivity contribution in [2.45, 2.75) is 19.8 Å². The van der Waals surface area contributed by atoms with Gasteiger partial charge in [-0.25, -0.2) is 9.78 Å². The number of nitrogens with one attached hydrogen (secondary N) is 1. The number of ether oxygens (including phenoxy) is 1. The van der Waals surface area contributed by atoms with E-state index >= 15 is 0 Å². The average Bonchev–Trinajstić information content (AvgIpc) is 3.17. The first kappa shape index (κ1) is 19.4. The molecule has 0 bridgehead atoms. The Kier molecular flexibility index (Phi) is 5.49. The van der Waals surface area contributed by atoms with Gasteiger partial charge < -0.3 is 15.0 Å². The van der Waals surface area contributed by atoms with Gasteiger partial charge in [-0.15, -0.1) is 0 Å². The van der Waals surface area contributed by atoms with Crippen LogP contribution in [-0.4, -0.2) is 37.1 Å². The Morgan fingerprint density at radius 2 is 2.00 bits per heavy atom. The molecule has 1 amide bonds. The van der Waals surface area contributed by atoms with Crippen LogP contribution < -0.4 is 10.2 Å². The predicted molar refractivity (Wildman–Crippen MR) is 116 cm³/mol. The number of thiazole rings is 1. The van der Waals surface area contributed by atoms with E-state index in [2.05, 4.69) is 35.3 Å². The van der Waals surface area contributed by atoms with E-state index in [-0.39, 0.29) is 11.8 Å². The van der Waals surface area contributed by atoms with Crippen molar-refractivity contribution in [2.75, 3.05) is 30.4 Å². The number of aromatic nitrogens is 1. The molecule has 2 aromatic carbocycles. The van der Waals surface area contributed by atoms with Crippen LogP contribution in [0.1, 0.15) is 28.8 Å². The number of esters is 1. The van der Waals surface area contributed by atoms with Crippen molar-refractivity contribution < 1.29 is 14.3 Å². The van der Waals surface area contributed by atoms with Gasteiger partial charge >= 0.3 is 5.97 Å². The van der Waals surface area contributed by atoms with Crippen molar-refractivity contribution in [1.82, 2.24) is 4.98 Å². The number of hydrogen-bond donors (Lipinski definition) is 1. The summed E-state index contributed by atoms with van der Waals surface area (Å²) in [5, 5.41) is 3.94. The first-order valence-corrected chi connectivity index (χ1v) is 10.5. The van der Waals surface area contributed by atoms with Crippen molar-refractivity contribution >= 4 is 44.2 Å². The lowest BCUT2D eigenvalue weighted by Gasteiger charge is -2.31. The van der Waals surface area contributed by atoms with Crippen LogP contribution in [0, 0.1) is 12.8 Å². The van der Waals surface area contributed by atoms with E-state index in [9.17, 15) is 9.59 Å². The number of anilines is 2. The van der Waals surface area contributed by atoms with E-state index in [0.29, 0.717) is 17.8 Å². The summed E-state index contributed by atoms with van der Waals surface area (Å²) in [6, 6.07) is 13.0. The van der Waals surface area contributed by atoms with Crippen LogP contribution in [0.2, 0.25) is 0 Å². The lowest BCUT2D eigenvalue weighted by molar-refractivity contribution is -0.120. The number of rotatable bonds is 4. The molecule has 7 heteroatoms. The second kappa shape index (κ2) is 8.21. The highest BCUT2D eigenvalue weighted by atomic mass is 32.1. The molecule has 1 N–H and O–H groups in total. The lowest BCUT2D eigenvalue weighted by Crippen LogP contribution is -2.40. The van der Waals surface area contributed by atoms with Crippen LogP contribution in [0.15, 0.2) is 42.5 Å². The minimum absolute atomic E-state index is 0.00234. The monoisotopic (exact) mass is 409 g/mol. The zero-order chi connectivity index (χ0) is 20.4. The standard InChI is InChI=1S/C22H23N3O3S/c1-14-5-10-18-19(12-14)29-22(24-18)25-11-3-4-16(13-25)20(26)23-17-8-6-15(7-9-17)21(27)28-2/h5-10,12,16H,3-4,11,13H2,1-2H3,(H,23,26). The molecule has 1 saturated heterocycles. The number of carbonyl (C=O) groups is 2. The second-order valence-corrected chi connectivity index (χ2v) is 8.32. The molecule has 0 spiro atoms. The Morgan fingerprint density at radius 1 is 1.21 bits per heavy atom. The van der Waals surface area contributed by atoms with Gasteiger partial charge in [0.15, 0.2) is 5.13 Å². The largest absolute Gasteiger partial charge is 0.465 e. The fraction of sp³-hybridized carbons (Fsp3) is 0.318. The summed E-state index contributed by atoms with van der Waals surface area (Å²) in [7, 11) is 1.35. The average molecular weight is 410 g/mol. The number of methoxy groups -OCH3 is 1. The Balaban J connectivity index is 1.43. The Morgan fingerprint density at radius 3 is 2.76 bits per heavy atom. The number of aryl methyl sites for hydroxylation is 1. The molecule has 29 heavy (non-hydrogen) atoms. The minimum Gasteiger partial charge on any atom is -0.465 e. The fourth-order valence-corrected chi connectivity index (χ4v) is 4.67. The maximum Gasteiger partial charge on any atom is 0.337 e. The van der Waals surface area contributed by atoms with E-state index in [4.69, 9.17) is 9.72 Å². The van der Waals surface area contributed by atoms with Gasteiger partial charge in [-0.2, -0.15) is 0 Å². The molecular formula is C22H23N3O3S. The SMILES string of the molecule is COC(=O)c1ccc(NC(=O)C2CCCN(c3nc4ccc(C)cc4s3)C2)cc1. The fourth-order valence-electron chi connectivity index (χ4n) is 3.57. The Bertz CT molecular complexity index is 1050. The molecule has 6 nitrogen and oxygen atoms in total. The van der Waals surface area contributed by atoms with Crippen molar-refractivity contribution in [1.29, 1.82) is 0 Å².